The maximum atomic E-state index is 12.7. The molecular formula is C22H28N4O2S. The Bertz CT molecular complexity index is 955. The molecule has 29 heavy (non-hydrogen) atoms. The second-order valence-electron chi connectivity index (χ2n) is 8.00. The van der Waals surface area contributed by atoms with Gasteiger partial charge in [-0.15, -0.1) is 10.2 Å². The van der Waals surface area contributed by atoms with Crippen molar-refractivity contribution in [1.82, 2.24) is 19.7 Å². The molecule has 154 valence electrons. The van der Waals surface area contributed by atoms with Gasteiger partial charge in [0.05, 0.1) is 5.75 Å². The van der Waals surface area contributed by atoms with Crippen molar-refractivity contribution in [3.63, 3.8) is 0 Å². The third-order valence-electron chi connectivity index (χ3n) is 5.67. The monoisotopic (exact) mass is 412 g/mol. The van der Waals surface area contributed by atoms with Crippen LogP contribution in [-0.4, -0.2) is 44.4 Å². The molecule has 0 bridgehead atoms. The van der Waals surface area contributed by atoms with E-state index < -0.39 is 0 Å². The molecule has 1 aliphatic carbocycles. The summed E-state index contributed by atoms with van der Waals surface area (Å²) in [6.07, 6.45) is 5.96. The highest BCUT2D eigenvalue weighted by Crippen LogP contribution is 2.32. The van der Waals surface area contributed by atoms with Crippen molar-refractivity contribution in [1.29, 1.82) is 0 Å². The van der Waals surface area contributed by atoms with Crippen LogP contribution in [0.5, 0.6) is 0 Å². The number of aromatic nitrogens is 3. The lowest BCUT2D eigenvalue weighted by atomic mass is 9.94. The molecule has 1 aromatic carbocycles. The molecule has 0 unspecified atom stereocenters. The molecule has 1 amide bonds. The lowest BCUT2D eigenvalue weighted by molar-refractivity contribution is -0.129. The van der Waals surface area contributed by atoms with Gasteiger partial charge in [-0.1, -0.05) is 49.2 Å². The summed E-state index contributed by atoms with van der Waals surface area (Å²) < 4.78 is 8.05. The van der Waals surface area contributed by atoms with Crippen LogP contribution in [0.15, 0.2) is 39.9 Å². The van der Waals surface area contributed by atoms with Crippen LogP contribution < -0.4 is 0 Å². The minimum Gasteiger partial charge on any atom is -0.453 e. The minimum atomic E-state index is 0.155. The molecule has 1 saturated carbocycles. The number of amides is 1. The van der Waals surface area contributed by atoms with Gasteiger partial charge in [-0.25, -0.2) is 0 Å². The van der Waals surface area contributed by atoms with Gasteiger partial charge in [-0.3, -0.25) is 9.36 Å². The lowest BCUT2D eigenvalue weighted by Gasteiger charge is -2.31. The summed E-state index contributed by atoms with van der Waals surface area (Å²) >= 11 is 1.45. The van der Waals surface area contributed by atoms with E-state index in [1.54, 1.807) is 0 Å². The average Bonchev–Trinajstić information content (AvgIpc) is 3.35. The van der Waals surface area contributed by atoms with Crippen molar-refractivity contribution < 1.29 is 9.21 Å². The summed E-state index contributed by atoms with van der Waals surface area (Å²) in [6.45, 7) is 4.19. The van der Waals surface area contributed by atoms with Crippen molar-refractivity contribution in [3.05, 3.63) is 30.3 Å². The summed E-state index contributed by atoms with van der Waals surface area (Å²) in [4.78, 5) is 14.7. The smallest absolute Gasteiger partial charge is 0.233 e. The summed E-state index contributed by atoms with van der Waals surface area (Å²) in [5.74, 6) is 1.93. The Hall–Kier alpha value is -2.28. The first-order valence-electron chi connectivity index (χ1n) is 10.4. The maximum Gasteiger partial charge on any atom is 0.233 e. The third-order valence-corrected chi connectivity index (χ3v) is 6.60. The van der Waals surface area contributed by atoms with Gasteiger partial charge in [0, 0.05) is 24.5 Å². The van der Waals surface area contributed by atoms with Crippen molar-refractivity contribution in [2.24, 2.45) is 0 Å². The zero-order valence-electron chi connectivity index (χ0n) is 17.3. The van der Waals surface area contributed by atoms with Crippen molar-refractivity contribution in [2.75, 3.05) is 12.8 Å². The molecule has 6 nitrogen and oxygen atoms in total. The molecule has 0 aliphatic heterocycles. The third kappa shape index (κ3) is 4.20. The molecule has 7 heteroatoms. The molecular weight excluding hydrogens is 384 g/mol. The predicted molar refractivity (Wildman–Crippen MR) is 116 cm³/mol. The largest absolute Gasteiger partial charge is 0.453 e. The molecule has 0 spiro atoms. The van der Waals surface area contributed by atoms with Gasteiger partial charge in [0.1, 0.15) is 5.58 Å². The van der Waals surface area contributed by atoms with Gasteiger partial charge < -0.3 is 9.32 Å². The Balaban J connectivity index is 1.51. The Labute approximate surface area is 175 Å². The summed E-state index contributed by atoms with van der Waals surface area (Å²) in [6, 6.07) is 10.4. The molecule has 0 saturated heterocycles. The van der Waals surface area contributed by atoms with Crippen LogP contribution in [0.4, 0.5) is 0 Å². The normalized spacial score (nSPS) is 15.3. The van der Waals surface area contributed by atoms with E-state index in [1.807, 2.05) is 42.3 Å². The van der Waals surface area contributed by atoms with Crippen LogP contribution in [0, 0.1) is 0 Å². The number of thioether (sulfide) groups is 1. The van der Waals surface area contributed by atoms with Crippen LogP contribution in [-0.2, 0) is 4.79 Å². The van der Waals surface area contributed by atoms with E-state index in [2.05, 4.69) is 28.6 Å². The summed E-state index contributed by atoms with van der Waals surface area (Å²) in [7, 11) is 1.94. The fourth-order valence-corrected chi connectivity index (χ4v) is 4.99. The molecule has 0 N–H and O–H groups in total. The fourth-order valence-electron chi connectivity index (χ4n) is 4.00. The van der Waals surface area contributed by atoms with Gasteiger partial charge in [0.15, 0.2) is 10.9 Å². The van der Waals surface area contributed by atoms with Gasteiger partial charge in [0.2, 0.25) is 11.7 Å². The highest BCUT2D eigenvalue weighted by Gasteiger charge is 2.24. The number of para-hydroxylation sites is 1. The number of carbonyl (C=O) groups excluding carboxylic acids is 1. The summed E-state index contributed by atoms with van der Waals surface area (Å²) in [5, 5.41) is 10.6. The molecule has 1 aliphatic rings. The number of hydrogen-bond donors (Lipinski definition) is 0. The average molecular weight is 413 g/mol. The fraction of sp³-hybridized carbons (Fsp3) is 0.500. The topological polar surface area (TPSA) is 64.2 Å². The minimum absolute atomic E-state index is 0.155. The van der Waals surface area contributed by atoms with E-state index in [4.69, 9.17) is 4.42 Å². The van der Waals surface area contributed by atoms with E-state index >= 15 is 0 Å². The molecule has 0 atom stereocenters. The Morgan fingerprint density at radius 1 is 1.24 bits per heavy atom. The predicted octanol–water partition coefficient (Wildman–Crippen LogP) is 5.16. The highest BCUT2D eigenvalue weighted by atomic mass is 32.2. The second kappa shape index (κ2) is 8.61. The molecule has 2 heterocycles. The molecule has 1 fully saturated rings. The Morgan fingerprint density at radius 3 is 2.72 bits per heavy atom. The van der Waals surface area contributed by atoms with E-state index in [0.29, 0.717) is 23.4 Å². The Morgan fingerprint density at radius 2 is 2.00 bits per heavy atom. The number of fused-ring (bicyclic) bond motifs is 1. The van der Waals surface area contributed by atoms with Crippen LogP contribution in [0.25, 0.3) is 22.6 Å². The van der Waals surface area contributed by atoms with Crippen LogP contribution in [0.2, 0.25) is 0 Å². The van der Waals surface area contributed by atoms with Gasteiger partial charge in [-0.2, -0.15) is 0 Å². The first-order valence-corrected chi connectivity index (χ1v) is 11.4. The second-order valence-corrected chi connectivity index (χ2v) is 8.95. The molecule has 0 radical (unpaired) electrons. The quantitative estimate of drug-likeness (QED) is 0.524. The Kier molecular flexibility index (Phi) is 5.94. The number of rotatable bonds is 6. The number of benzene rings is 1. The van der Waals surface area contributed by atoms with E-state index in [1.165, 1.54) is 31.0 Å². The lowest BCUT2D eigenvalue weighted by Crippen LogP contribution is -2.39. The number of furan rings is 1. The highest BCUT2D eigenvalue weighted by molar-refractivity contribution is 7.99. The number of carbonyl (C=O) groups is 1. The summed E-state index contributed by atoms with van der Waals surface area (Å²) in [5.41, 5.74) is 0.833. The van der Waals surface area contributed by atoms with Gasteiger partial charge in [0.25, 0.3) is 0 Å². The van der Waals surface area contributed by atoms with E-state index in [9.17, 15) is 4.79 Å². The zero-order valence-corrected chi connectivity index (χ0v) is 18.1. The number of hydrogen-bond acceptors (Lipinski definition) is 5. The number of nitrogens with zero attached hydrogens (tertiary/aromatic N) is 4. The van der Waals surface area contributed by atoms with Gasteiger partial charge in [-0.05, 0) is 38.8 Å². The van der Waals surface area contributed by atoms with Crippen molar-refractivity contribution in [2.45, 2.75) is 63.2 Å². The first-order chi connectivity index (χ1) is 14.0. The SMILES string of the molecule is CC(C)n1c(SCC(=O)N(C)C2CCCCC2)nnc1-c1cc2ccccc2o1. The van der Waals surface area contributed by atoms with Crippen molar-refractivity contribution >= 4 is 28.6 Å². The molecule has 2 aromatic heterocycles. The van der Waals surface area contributed by atoms with Gasteiger partial charge >= 0.3 is 0 Å². The standard InChI is InChI=1S/C22H28N4O2S/c1-15(2)26-21(19-13-16-9-7-8-12-18(16)28-19)23-24-22(26)29-14-20(27)25(3)17-10-5-4-6-11-17/h7-9,12-13,15,17H,4-6,10-11,14H2,1-3H3. The molecule has 3 aromatic rings. The van der Waals surface area contributed by atoms with Crippen molar-refractivity contribution in [3.8, 4) is 11.6 Å². The van der Waals surface area contributed by atoms with E-state index in [-0.39, 0.29) is 11.9 Å². The van der Waals surface area contributed by atoms with E-state index in [0.717, 1.165) is 29.0 Å². The first kappa shape index (κ1) is 20.0. The molecule has 4 rings (SSSR count). The maximum absolute atomic E-state index is 12.7. The van der Waals surface area contributed by atoms with Crippen LogP contribution >= 0.6 is 11.8 Å². The zero-order chi connectivity index (χ0) is 20.4. The van der Waals surface area contributed by atoms with Crippen LogP contribution in [0.1, 0.15) is 52.0 Å². The van der Waals surface area contributed by atoms with Crippen LogP contribution in [0.3, 0.4) is 0 Å².